The first kappa shape index (κ1) is 15.1. The topological polar surface area (TPSA) is 98.5 Å². The van der Waals surface area contributed by atoms with Crippen LogP contribution in [0.5, 0.6) is 0 Å². The number of hydrogen-bond donors (Lipinski definition) is 0. The molecule has 0 bridgehead atoms. The van der Waals surface area contributed by atoms with Gasteiger partial charge in [0.05, 0.1) is 12.0 Å². The van der Waals surface area contributed by atoms with E-state index in [2.05, 4.69) is 14.7 Å². The van der Waals surface area contributed by atoms with Crippen molar-refractivity contribution in [3.05, 3.63) is 21.1 Å². The highest BCUT2D eigenvalue weighted by molar-refractivity contribution is 6.28. The third-order valence-corrected chi connectivity index (χ3v) is 2.82. The van der Waals surface area contributed by atoms with E-state index in [1.54, 1.807) is 6.92 Å². The molecule has 1 atom stereocenters. The summed E-state index contributed by atoms with van der Waals surface area (Å²) in [6.07, 6.45) is 0. The number of ether oxygens (including phenoxy) is 1. The zero-order valence-corrected chi connectivity index (χ0v) is 11.6. The molecule has 8 nitrogen and oxygen atoms in total. The summed E-state index contributed by atoms with van der Waals surface area (Å²) in [4.78, 5) is 30.8. The Morgan fingerprint density at radius 2 is 2.11 bits per heavy atom. The van der Waals surface area contributed by atoms with Crippen molar-refractivity contribution in [3.63, 3.8) is 0 Å². The zero-order chi connectivity index (χ0) is 14.7. The molecule has 1 heterocycles. The Morgan fingerprint density at radius 1 is 1.53 bits per heavy atom. The van der Waals surface area contributed by atoms with Crippen LogP contribution in [-0.4, -0.2) is 41.1 Å². The summed E-state index contributed by atoms with van der Waals surface area (Å²) in [6.45, 7) is 2.99. The maximum absolute atomic E-state index is 11.5. The molecule has 104 valence electrons. The SMILES string of the molecule is COC(=O)[C@H](C)N(C)c1nc(Cl)nc(C)c1[N+](=O)[O-]. The molecule has 0 N–H and O–H groups in total. The molecule has 0 fully saturated rings. The number of likely N-dealkylation sites (N-methyl/N-ethyl adjacent to an activating group) is 1. The van der Waals surface area contributed by atoms with Crippen molar-refractivity contribution in [2.45, 2.75) is 19.9 Å². The number of hydrogen-bond acceptors (Lipinski definition) is 7. The molecular formula is C10H13ClN4O4. The van der Waals surface area contributed by atoms with Crippen molar-refractivity contribution in [3.8, 4) is 0 Å². The molecule has 0 saturated carbocycles. The monoisotopic (exact) mass is 288 g/mol. The molecule has 0 saturated heterocycles. The Labute approximate surface area is 114 Å². The molecular weight excluding hydrogens is 276 g/mol. The van der Waals surface area contributed by atoms with Crippen molar-refractivity contribution < 1.29 is 14.5 Å². The van der Waals surface area contributed by atoms with Crippen molar-refractivity contribution >= 4 is 29.1 Å². The lowest BCUT2D eigenvalue weighted by molar-refractivity contribution is -0.385. The van der Waals surface area contributed by atoms with Crippen molar-refractivity contribution in [1.29, 1.82) is 0 Å². The number of halogens is 1. The van der Waals surface area contributed by atoms with Crippen LogP contribution in [0.1, 0.15) is 12.6 Å². The molecule has 1 aromatic rings. The van der Waals surface area contributed by atoms with Crippen molar-refractivity contribution in [2.24, 2.45) is 0 Å². The van der Waals surface area contributed by atoms with Gasteiger partial charge in [0.25, 0.3) is 0 Å². The quantitative estimate of drug-likeness (QED) is 0.357. The summed E-state index contributed by atoms with van der Waals surface area (Å²) >= 11 is 5.70. The highest BCUT2D eigenvalue weighted by Crippen LogP contribution is 2.30. The van der Waals surface area contributed by atoms with E-state index in [1.165, 1.54) is 26.0 Å². The Bertz CT molecular complexity index is 522. The number of aromatic nitrogens is 2. The third-order valence-electron chi connectivity index (χ3n) is 2.65. The second kappa shape index (κ2) is 5.79. The van der Waals surface area contributed by atoms with E-state index in [-0.39, 0.29) is 22.5 Å². The van der Waals surface area contributed by atoms with Gasteiger partial charge in [0.1, 0.15) is 11.7 Å². The average molecular weight is 289 g/mol. The van der Waals surface area contributed by atoms with Gasteiger partial charge in [0, 0.05) is 7.05 Å². The second-order valence-corrected chi connectivity index (χ2v) is 4.16. The molecule has 19 heavy (non-hydrogen) atoms. The summed E-state index contributed by atoms with van der Waals surface area (Å²) in [5.41, 5.74) is -0.161. The van der Waals surface area contributed by atoms with Gasteiger partial charge in [-0.2, -0.15) is 4.98 Å². The minimum atomic E-state index is -0.742. The minimum Gasteiger partial charge on any atom is -0.467 e. The number of esters is 1. The normalized spacial score (nSPS) is 11.8. The van der Waals surface area contributed by atoms with Gasteiger partial charge in [-0.3, -0.25) is 10.1 Å². The number of methoxy groups -OCH3 is 1. The van der Waals surface area contributed by atoms with E-state index in [4.69, 9.17) is 11.6 Å². The fraction of sp³-hybridized carbons (Fsp3) is 0.500. The lowest BCUT2D eigenvalue weighted by atomic mass is 10.2. The number of carbonyl (C=O) groups excluding carboxylic acids is 1. The highest BCUT2D eigenvalue weighted by Gasteiger charge is 2.29. The average Bonchev–Trinajstić information content (AvgIpc) is 2.34. The molecule has 1 aromatic heterocycles. The van der Waals surface area contributed by atoms with E-state index in [0.717, 1.165) is 0 Å². The molecule has 0 amide bonds. The first-order chi connectivity index (χ1) is 8.79. The predicted molar refractivity (Wildman–Crippen MR) is 68.3 cm³/mol. The first-order valence-electron chi connectivity index (χ1n) is 5.28. The molecule has 0 aliphatic rings. The second-order valence-electron chi connectivity index (χ2n) is 3.82. The maximum Gasteiger partial charge on any atom is 0.332 e. The fourth-order valence-electron chi connectivity index (χ4n) is 1.49. The molecule has 0 unspecified atom stereocenters. The van der Waals surface area contributed by atoms with Crippen LogP contribution >= 0.6 is 11.6 Å². The Morgan fingerprint density at radius 3 is 2.58 bits per heavy atom. The summed E-state index contributed by atoms with van der Waals surface area (Å²) < 4.78 is 4.59. The van der Waals surface area contributed by atoms with Crippen LogP contribution in [0.3, 0.4) is 0 Å². The van der Waals surface area contributed by atoms with Crippen LogP contribution in [0.25, 0.3) is 0 Å². The van der Waals surface area contributed by atoms with E-state index < -0.39 is 16.9 Å². The van der Waals surface area contributed by atoms with Gasteiger partial charge in [0.15, 0.2) is 0 Å². The van der Waals surface area contributed by atoms with Crippen molar-refractivity contribution in [2.75, 3.05) is 19.1 Å². The Hall–Kier alpha value is -1.96. The van der Waals surface area contributed by atoms with Crippen LogP contribution in [0.4, 0.5) is 11.5 Å². The van der Waals surface area contributed by atoms with Crippen LogP contribution < -0.4 is 4.90 Å². The summed E-state index contributed by atoms with van der Waals surface area (Å²) in [6, 6.07) is -0.742. The van der Waals surface area contributed by atoms with E-state index in [1.807, 2.05) is 0 Å². The van der Waals surface area contributed by atoms with Gasteiger partial charge < -0.3 is 9.64 Å². The number of anilines is 1. The van der Waals surface area contributed by atoms with Crippen molar-refractivity contribution in [1.82, 2.24) is 9.97 Å². The van der Waals surface area contributed by atoms with Gasteiger partial charge in [-0.15, -0.1) is 0 Å². The Balaban J connectivity index is 3.32. The lowest BCUT2D eigenvalue weighted by Gasteiger charge is -2.23. The van der Waals surface area contributed by atoms with Crippen LogP contribution in [0.15, 0.2) is 0 Å². The molecule has 0 spiro atoms. The maximum atomic E-state index is 11.5. The Kier molecular flexibility index (Phi) is 4.60. The third kappa shape index (κ3) is 3.08. The largest absolute Gasteiger partial charge is 0.467 e. The molecule has 9 heteroatoms. The number of rotatable bonds is 4. The van der Waals surface area contributed by atoms with Gasteiger partial charge >= 0.3 is 11.7 Å². The van der Waals surface area contributed by atoms with Crippen LogP contribution in [-0.2, 0) is 9.53 Å². The molecule has 0 aliphatic carbocycles. The molecule has 0 aromatic carbocycles. The highest BCUT2D eigenvalue weighted by atomic mass is 35.5. The lowest BCUT2D eigenvalue weighted by Crippen LogP contribution is -2.37. The number of nitrogens with zero attached hydrogens (tertiary/aromatic N) is 4. The number of nitro groups is 1. The standard InChI is InChI=1S/C10H13ClN4O4/c1-5-7(15(17)18)8(13-10(11)12-5)14(3)6(2)9(16)19-4/h6H,1-4H3/t6-/m0/s1. The van der Waals surface area contributed by atoms with E-state index in [9.17, 15) is 14.9 Å². The summed E-state index contributed by atoms with van der Waals surface area (Å²) in [5, 5.41) is 10.9. The predicted octanol–water partition coefficient (Wildman–Crippen LogP) is 1.34. The fourth-order valence-corrected chi connectivity index (χ4v) is 1.70. The number of carbonyl (C=O) groups is 1. The van der Waals surface area contributed by atoms with Gasteiger partial charge in [0.2, 0.25) is 11.1 Å². The first-order valence-corrected chi connectivity index (χ1v) is 5.66. The summed E-state index contributed by atoms with van der Waals surface area (Å²) in [5.74, 6) is -0.565. The van der Waals surface area contributed by atoms with Gasteiger partial charge in [-0.1, -0.05) is 0 Å². The van der Waals surface area contributed by atoms with E-state index >= 15 is 0 Å². The zero-order valence-electron chi connectivity index (χ0n) is 10.9. The minimum absolute atomic E-state index is 0.0274. The van der Waals surface area contributed by atoms with Gasteiger partial charge in [-0.05, 0) is 25.4 Å². The summed E-state index contributed by atoms with van der Waals surface area (Å²) in [7, 11) is 2.73. The van der Waals surface area contributed by atoms with Gasteiger partial charge in [-0.25, -0.2) is 9.78 Å². The number of aryl methyl sites for hydroxylation is 1. The smallest absolute Gasteiger partial charge is 0.332 e. The molecule has 1 rings (SSSR count). The molecule has 0 radical (unpaired) electrons. The van der Waals surface area contributed by atoms with Crippen LogP contribution in [0, 0.1) is 17.0 Å². The van der Waals surface area contributed by atoms with Crippen LogP contribution in [0.2, 0.25) is 5.28 Å². The molecule has 0 aliphatic heterocycles. The van der Waals surface area contributed by atoms with E-state index in [0.29, 0.717) is 0 Å².